The van der Waals surface area contributed by atoms with Crippen LogP contribution in [0.2, 0.25) is 0 Å². The van der Waals surface area contributed by atoms with Crippen molar-refractivity contribution in [1.29, 1.82) is 0 Å². The summed E-state index contributed by atoms with van der Waals surface area (Å²) in [5, 5.41) is 0. The van der Waals surface area contributed by atoms with Crippen LogP contribution in [0.15, 0.2) is 158 Å². The van der Waals surface area contributed by atoms with Crippen LogP contribution in [0.1, 0.15) is 181 Å². The lowest BCUT2D eigenvalue weighted by molar-refractivity contribution is 0.332. The number of rotatable bonds is 5. The second-order valence-electron chi connectivity index (χ2n) is 29.6. The molecule has 0 spiro atoms. The summed E-state index contributed by atoms with van der Waals surface area (Å²) < 4.78 is 0. The van der Waals surface area contributed by atoms with Gasteiger partial charge in [-0.15, -0.1) is 0 Å². The predicted molar refractivity (Wildman–Crippen MR) is 341 cm³/mol. The summed E-state index contributed by atoms with van der Waals surface area (Å²) in [4.78, 5) is 7.95. The maximum Gasteiger partial charge on any atom is 0.252 e. The number of para-hydroxylation sites is 2. The van der Waals surface area contributed by atoms with Crippen molar-refractivity contribution < 1.29 is 0 Å². The van der Waals surface area contributed by atoms with Gasteiger partial charge in [0, 0.05) is 50.9 Å². The summed E-state index contributed by atoms with van der Waals surface area (Å²) in [6.07, 6.45) is 4.67. The molecule has 0 unspecified atom stereocenters. The summed E-state index contributed by atoms with van der Waals surface area (Å²) in [6, 6.07) is 61.9. The van der Waals surface area contributed by atoms with E-state index in [1.807, 2.05) is 0 Å². The fraction of sp³-hybridized carbons (Fsp3) is 0.360. The highest BCUT2D eigenvalue weighted by Crippen LogP contribution is 2.59. The highest BCUT2D eigenvalue weighted by atomic mass is 15.2. The lowest BCUT2D eigenvalue weighted by Crippen LogP contribution is -2.62. The maximum absolute atomic E-state index is 2.75. The van der Waals surface area contributed by atoms with Crippen LogP contribution < -0.4 is 31.1 Å². The number of benzene rings is 8. The minimum absolute atomic E-state index is 0.0144. The second kappa shape index (κ2) is 17.1. The largest absolute Gasteiger partial charge is 0.311 e. The van der Waals surface area contributed by atoms with Crippen LogP contribution in [0.5, 0.6) is 0 Å². The monoisotopic (exact) mass is 1040 g/mol. The van der Waals surface area contributed by atoms with Crippen LogP contribution >= 0.6 is 0 Å². The first kappa shape index (κ1) is 51.6. The smallest absolute Gasteiger partial charge is 0.252 e. The third kappa shape index (κ3) is 7.80. The Hall–Kier alpha value is -6.78. The van der Waals surface area contributed by atoms with Crippen molar-refractivity contribution in [2.75, 3.05) is 14.7 Å². The van der Waals surface area contributed by atoms with Gasteiger partial charge in [-0.1, -0.05) is 196 Å². The zero-order valence-corrected chi connectivity index (χ0v) is 50.3. The molecule has 5 aliphatic rings. The maximum atomic E-state index is 2.75. The van der Waals surface area contributed by atoms with Crippen molar-refractivity contribution in [2.24, 2.45) is 0 Å². The Balaban J connectivity index is 1.19. The summed E-state index contributed by atoms with van der Waals surface area (Å²) in [7, 11) is 0. The summed E-state index contributed by atoms with van der Waals surface area (Å²) in [5.41, 5.74) is 29.0. The van der Waals surface area contributed by atoms with Crippen LogP contribution in [0.25, 0.3) is 11.1 Å². The van der Waals surface area contributed by atoms with E-state index in [1.54, 1.807) is 0 Å². The van der Waals surface area contributed by atoms with E-state index >= 15 is 0 Å². The van der Waals surface area contributed by atoms with Crippen LogP contribution in [0, 0.1) is 0 Å². The average Bonchev–Trinajstić information content (AvgIpc) is 3.61. The molecule has 400 valence electrons. The third-order valence-corrected chi connectivity index (χ3v) is 20.0. The lowest BCUT2D eigenvalue weighted by Gasteiger charge is -2.49. The van der Waals surface area contributed by atoms with E-state index in [0.29, 0.717) is 0 Å². The van der Waals surface area contributed by atoms with Crippen LogP contribution in [-0.4, -0.2) is 6.71 Å². The Bertz CT molecular complexity index is 3760. The van der Waals surface area contributed by atoms with Gasteiger partial charge in [0.05, 0.1) is 5.69 Å². The van der Waals surface area contributed by atoms with Gasteiger partial charge in [0.25, 0.3) is 6.71 Å². The number of fused-ring (bicyclic) bond motifs is 9. The van der Waals surface area contributed by atoms with E-state index < -0.39 is 0 Å². The molecule has 8 aromatic carbocycles. The fourth-order valence-corrected chi connectivity index (χ4v) is 15.2. The molecule has 79 heavy (non-hydrogen) atoms. The molecule has 0 aromatic heterocycles. The van der Waals surface area contributed by atoms with Crippen molar-refractivity contribution in [3.8, 4) is 11.1 Å². The molecule has 0 saturated heterocycles. The first-order valence-electron chi connectivity index (χ1n) is 29.6. The molecule has 0 saturated carbocycles. The van der Waals surface area contributed by atoms with Crippen molar-refractivity contribution in [3.63, 3.8) is 0 Å². The third-order valence-electron chi connectivity index (χ3n) is 20.0. The molecular weight excluding hydrogens is 954 g/mol. The average molecular weight is 1040 g/mol. The summed E-state index contributed by atoms with van der Waals surface area (Å²) >= 11 is 0. The molecule has 2 aliphatic heterocycles. The van der Waals surface area contributed by atoms with Crippen molar-refractivity contribution in [2.45, 2.75) is 174 Å². The minimum Gasteiger partial charge on any atom is -0.311 e. The van der Waals surface area contributed by atoms with Crippen LogP contribution in [-0.2, 0) is 37.9 Å². The predicted octanol–water partition coefficient (Wildman–Crippen LogP) is 18.8. The Morgan fingerprint density at radius 1 is 0.405 bits per heavy atom. The molecule has 3 aliphatic carbocycles. The Morgan fingerprint density at radius 2 is 0.937 bits per heavy atom. The van der Waals surface area contributed by atoms with Gasteiger partial charge in [0.2, 0.25) is 0 Å². The van der Waals surface area contributed by atoms with E-state index in [0.717, 1.165) is 29.9 Å². The second-order valence-corrected chi connectivity index (χ2v) is 29.6. The molecule has 0 atom stereocenters. The van der Waals surface area contributed by atoms with Crippen LogP contribution in [0.4, 0.5) is 51.2 Å². The van der Waals surface area contributed by atoms with E-state index in [-0.39, 0.29) is 44.6 Å². The minimum atomic E-state index is -0.293. The molecular formula is C75H82BN3. The highest BCUT2D eigenvalue weighted by molar-refractivity contribution is 7.00. The Morgan fingerprint density at radius 3 is 1.53 bits per heavy atom. The van der Waals surface area contributed by atoms with Gasteiger partial charge < -0.3 is 14.7 Å². The number of anilines is 9. The van der Waals surface area contributed by atoms with Gasteiger partial charge in [0.15, 0.2) is 0 Å². The highest BCUT2D eigenvalue weighted by Gasteiger charge is 2.50. The SMILES string of the molecule is CC(C)(C)c1cc2c3c(c1)N(c1ccc(C(C)(C)C)c4c1C(C)(C)c1ccccc1-4)c1cc(N(c4ccccc4)c4ccccc4)ccc1B3c1cc3c(cc1N2c1ccc2c(c1)C(C)(C)CCC2(C)C)C(C)(C)CCC3(C)C. The van der Waals surface area contributed by atoms with E-state index in [2.05, 4.69) is 283 Å². The molecule has 8 aromatic rings. The Labute approximate surface area is 474 Å². The normalized spacial score (nSPS) is 18.4. The van der Waals surface area contributed by atoms with Crippen molar-refractivity contribution in [3.05, 3.63) is 202 Å². The zero-order valence-electron chi connectivity index (χ0n) is 50.3. The molecule has 0 amide bonds. The molecule has 0 N–H and O–H groups in total. The van der Waals surface area contributed by atoms with Crippen molar-refractivity contribution in [1.82, 2.24) is 0 Å². The fourth-order valence-electron chi connectivity index (χ4n) is 15.2. The molecule has 4 heteroatoms. The van der Waals surface area contributed by atoms with Gasteiger partial charge in [-0.05, 0) is 203 Å². The summed E-state index contributed by atoms with van der Waals surface area (Å²) in [5.74, 6) is 0. The number of nitrogens with zero attached hydrogens (tertiary/aromatic N) is 3. The quantitative estimate of drug-likeness (QED) is 0.159. The van der Waals surface area contributed by atoms with E-state index in [4.69, 9.17) is 0 Å². The van der Waals surface area contributed by atoms with Crippen molar-refractivity contribution >= 4 is 74.3 Å². The first-order chi connectivity index (χ1) is 37.2. The van der Waals surface area contributed by atoms with E-state index in [9.17, 15) is 0 Å². The van der Waals surface area contributed by atoms with Gasteiger partial charge >= 0.3 is 0 Å². The van der Waals surface area contributed by atoms with Gasteiger partial charge in [-0.2, -0.15) is 0 Å². The lowest BCUT2D eigenvalue weighted by atomic mass is 9.33. The molecule has 3 nitrogen and oxygen atoms in total. The Kier molecular flexibility index (Phi) is 11.2. The number of hydrogen-bond donors (Lipinski definition) is 0. The van der Waals surface area contributed by atoms with E-state index in [1.165, 1.54) is 119 Å². The summed E-state index contributed by atoms with van der Waals surface area (Å²) in [6.45, 7) is 39.2. The molecule has 0 bridgehead atoms. The standard InChI is InChI=1S/C75H82BN3/c1-69(2,3)47-41-64-68-65(42-47)79(61-36-34-55(70(4,5)6)66-52-29-23-24-30-53(52)75(15,16)67(61)66)62-44-51(77(48-25-19-17-20-26-48)49-27-21-18-22-28-49)32-35-59(62)76(68)60-45-57-58(74(13,14)40-39-73(57,11)12)46-63(60)78(64)50-31-33-54-56(43-50)72(9,10)38-37-71(54,7)8/h17-36,41-46H,37-40H2,1-16H3. The van der Waals surface area contributed by atoms with Gasteiger partial charge in [-0.25, -0.2) is 0 Å². The number of hydrogen-bond acceptors (Lipinski definition) is 3. The topological polar surface area (TPSA) is 9.72 Å². The molecule has 0 radical (unpaired) electrons. The first-order valence-corrected chi connectivity index (χ1v) is 29.6. The molecule has 13 rings (SSSR count). The molecule has 0 fully saturated rings. The van der Waals surface area contributed by atoms with Crippen LogP contribution in [0.3, 0.4) is 0 Å². The van der Waals surface area contributed by atoms with Gasteiger partial charge in [0.1, 0.15) is 0 Å². The zero-order chi connectivity index (χ0) is 55.7. The molecule has 2 heterocycles. The van der Waals surface area contributed by atoms with Gasteiger partial charge in [-0.3, -0.25) is 0 Å².